The van der Waals surface area contributed by atoms with E-state index >= 15 is 0 Å². The van der Waals surface area contributed by atoms with Crippen molar-refractivity contribution in [2.75, 3.05) is 18.2 Å². The minimum absolute atomic E-state index is 0.174. The fraction of sp³-hybridized carbons (Fsp3) is 0.0667. The monoisotopic (exact) mass is 266 g/mol. The van der Waals surface area contributed by atoms with E-state index in [1.54, 1.807) is 13.2 Å². The van der Waals surface area contributed by atoms with Crippen molar-refractivity contribution in [2.45, 2.75) is 0 Å². The number of fused-ring (bicyclic) bond motifs is 1. The maximum absolute atomic E-state index is 5.64. The van der Waals surface area contributed by atoms with Gasteiger partial charge in [0.2, 0.25) is 11.8 Å². The number of aromatic nitrogens is 2. The van der Waals surface area contributed by atoms with Crippen LogP contribution in [0.3, 0.4) is 0 Å². The molecule has 0 saturated heterocycles. The Bertz CT molecular complexity index is 758. The summed E-state index contributed by atoms with van der Waals surface area (Å²) in [6, 6.07) is 16.0. The van der Waals surface area contributed by atoms with E-state index in [2.05, 4.69) is 39.6 Å². The molecule has 2 aromatic carbocycles. The van der Waals surface area contributed by atoms with Gasteiger partial charge in [0.25, 0.3) is 0 Å². The van der Waals surface area contributed by atoms with Gasteiger partial charge in [-0.15, -0.1) is 0 Å². The van der Waals surface area contributed by atoms with E-state index in [0.717, 1.165) is 11.1 Å². The maximum Gasteiger partial charge on any atom is 0.225 e. The third-order valence-corrected chi connectivity index (χ3v) is 2.95. The van der Waals surface area contributed by atoms with Crippen molar-refractivity contribution < 1.29 is 4.74 Å². The zero-order valence-electron chi connectivity index (χ0n) is 11.0. The van der Waals surface area contributed by atoms with E-state index in [4.69, 9.17) is 10.5 Å². The molecule has 5 nitrogen and oxygen atoms in total. The molecule has 0 fully saturated rings. The standard InChI is InChI=1S/C15H14N4O/c1-20-14-9-13(18-15(16)19-14)17-12-7-6-10-4-2-3-5-11(10)8-12/h2-9H,1H3,(H3,16,17,18,19). The van der Waals surface area contributed by atoms with E-state index in [-0.39, 0.29) is 5.95 Å². The molecule has 0 atom stereocenters. The summed E-state index contributed by atoms with van der Waals surface area (Å²) in [6.07, 6.45) is 0. The lowest BCUT2D eigenvalue weighted by molar-refractivity contribution is 0.398. The van der Waals surface area contributed by atoms with Gasteiger partial charge in [0, 0.05) is 11.8 Å². The predicted octanol–water partition coefficient (Wildman–Crippen LogP) is 2.96. The number of nitrogen functional groups attached to an aromatic ring is 1. The van der Waals surface area contributed by atoms with Crippen LogP contribution in [0.4, 0.5) is 17.5 Å². The molecule has 0 aliphatic carbocycles. The predicted molar refractivity (Wildman–Crippen MR) is 80.2 cm³/mol. The molecule has 0 saturated carbocycles. The number of anilines is 3. The Labute approximate surface area is 116 Å². The molecule has 1 heterocycles. The molecular weight excluding hydrogens is 252 g/mol. The van der Waals surface area contributed by atoms with Crippen molar-refractivity contribution in [3.63, 3.8) is 0 Å². The lowest BCUT2D eigenvalue weighted by atomic mass is 10.1. The molecule has 0 unspecified atom stereocenters. The first kappa shape index (κ1) is 12.2. The third-order valence-electron chi connectivity index (χ3n) is 2.95. The molecule has 0 spiro atoms. The number of benzene rings is 2. The van der Waals surface area contributed by atoms with Crippen LogP contribution >= 0.6 is 0 Å². The van der Waals surface area contributed by atoms with Gasteiger partial charge in [-0.1, -0.05) is 30.3 Å². The number of rotatable bonds is 3. The Hall–Kier alpha value is -2.82. The summed E-state index contributed by atoms with van der Waals surface area (Å²) in [5.41, 5.74) is 6.57. The minimum atomic E-state index is 0.174. The molecule has 0 bridgehead atoms. The smallest absolute Gasteiger partial charge is 0.225 e. The normalized spacial score (nSPS) is 10.4. The quantitative estimate of drug-likeness (QED) is 0.762. The van der Waals surface area contributed by atoms with Crippen molar-refractivity contribution in [1.29, 1.82) is 0 Å². The molecule has 20 heavy (non-hydrogen) atoms. The molecule has 3 N–H and O–H groups in total. The molecule has 1 aromatic heterocycles. The molecule has 0 amide bonds. The second-order valence-electron chi connectivity index (χ2n) is 4.34. The largest absolute Gasteiger partial charge is 0.481 e. The molecule has 0 aliphatic rings. The molecule has 3 aromatic rings. The SMILES string of the molecule is COc1cc(Nc2ccc3ccccc3c2)nc(N)n1. The summed E-state index contributed by atoms with van der Waals surface area (Å²) in [4.78, 5) is 8.08. The summed E-state index contributed by atoms with van der Waals surface area (Å²) < 4.78 is 5.07. The van der Waals surface area contributed by atoms with Crippen LogP contribution in [0.2, 0.25) is 0 Å². The van der Waals surface area contributed by atoms with Gasteiger partial charge in [0.1, 0.15) is 5.82 Å². The fourth-order valence-electron chi connectivity index (χ4n) is 2.03. The van der Waals surface area contributed by atoms with Crippen LogP contribution in [0.25, 0.3) is 10.8 Å². The van der Waals surface area contributed by atoms with Crippen molar-refractivity contribution in [2.24, 2.45) is 0 Å². The molecule has 3 rings (SSSR count). The van der Waals surface area contributed by atoms with Gasteiger partial charge in [0.15, 0.2) is 0 Å². The number of nitrogens with one attached hydrogen (secondary N) is 1. The first-order valence-electron chi connectivity index (χ1n) is 6.19. The number of hydrogen-bond donors (Lipinski definition) is 2. The summed E-state index contributed by atoms with van der Waals surface area (Å²) in [5.74, 6) is 1.21. The highest BCUT2D eigenvalue weighted by Gasteiger charge is 2.03. The average molecular weight is 266 g/mol. The van der Waals surface area contributed by atoms with E-state index < -0.39 is 0 Å². The second kappa shape index (κ2) is 5.05. The number of ether oxygens (including phenoxy) is 1. The van der Waals surface area contributed by atoms with Crippen LogP contribution in [0.1, 0.15) is 0 Å². The highest BCUT2D eigenvalue weighted by molar-refractivity contribution is 5.86. The summed E-state index contributed by atoms with van der Waals surface area (Å²) in [7, 11) is 1.54. The van der Waals surface area contributed by atoms with Crippen LogP contribution in [0, 0.1) is 0 Å². The minimum Gasteiger partial charge on any atom is -0.481 e. The highest BCUT2D eigenvalue weighted by Crippen LogP contribution is 2.23. The number of hydrogen-bond acceptors (Lipinski definition) is 5. The van der Waals surface area contributed by atoms with Crippen LogP contribution in [-0.2, 0) is 0 Å². The first-order chi connectivity index (χ1) is 9.74. The molecule has 0 radical (unpaired) electrons. The number of nitrogens with zero attached hydrogens (tertiary/aromatic N) is 2. The lowest BCUT2D eigenvalue weighted by Crippen LogP contribution is -2.01. The van der Waals surface area contributed by atoms with Crippen molar-refractivity contribution in [1.82, 2.24) is 9.97 Å². The Kier molecular flexibility index (Phi) is 3.09. The van der Waals surface area contributed by atoms with Gasteiger partial charge in [0.05, 0.1) is 7.11 Å². The fourth-order valence-corrected chi connectivity index (χ4v) is 2.03. The zero-order valence-corrected chi connectivity index (χ0v) is 11.0. The lowest BCUT2D eigenvalue weighted by Gasteiger charge is -2.08. The molecular formula is C15H14N4O. The van der Waals surface area contributed by atoms with Crippen LogP contribution < -0.4 is 15.8 Å². The first-order valence-corrected chi connectivity index (χ1v) is 6.19. The molecule has 0 aliphatic heterocycles. The average Bonchev–Trinajstić information content (AvgIpc) is 2.46. The van der Waals surface area contributed by atoms with E-state index in [1.165, 1.54) is 5.39 Å². The van der Waals surface area contributed by atoms with Crippen molar-refractivity contribution in [3.8, 4) is 5.88 Å². The topological polar surface area (TPSA) is 73.1 Å². The Morgan fingerprint density at radius 1 is 1.00 bits per heavy atom. The van der Waals surface area contributed by atoms with E-state index in [1.807, 2.05) is 18.2 Å². The summed E-state index contributed by atoms with van der Waals surface area (Å²) >= 11 is 0. The van der Waals surface area contributed by atoms with Crippen LogP contribution in [0.15, 0.2) is 48.5 Å². The van der Waals surface area contributed by atoms with Crippen LogP contribution in [-0.4, -0.2) is 17.1 Å². The van der Waals surface area contributed by atoms with Gasteiger partial charge in [-0.05, 0) is 22.9 Å². The van der Waals surface area contributed by atoms with E-state index in [0.29, 0.717) is 11.7 Å². The van der Waals surface area contributed by atoms with Gasteiger partial charge in [-0.25, -0.2) is 0 Å². The summed E-state index contributed by atoms with van der Waals surface area (Å²) in [6.45, 7) is 0. The van der Waals surface area contributed by atoms with Crippen LogP contribution in [0.5, 0.6) is 5.88 Å². The van der Waals surface area contributed by atoms with Gasteiger partial charge in [-0.3, -0.25) is 0 Å². The van der Waals surface area contributed by atoms with Gasteiger partial charge in [-0.2, -0.15) is 9.97 Å². The highest BCUT2D eigenvalue weighted by atomic mass is 16.5. The van der Waals surface area contributed by atoms with Crippen molar-refractivity contribution in [3.05, 3.63) is 48.5 Å². The van der Waals surface area contributed by atoms with Crippen molar-refractivity contribution >= 4 is 28.2 Å². The third kappa shape index (κ3) is 2.47. The summed E-state index contributed by atoms with van der Waals surface area (Å²) in [5, 5.41) is 5.55. The Morgan fingerprint density at radius 3 is 2.60 bits per heavy atom. The van der Waals surface area contributed by atoms with E-state index in [9.17, 15) is 0 Å². The maximum atomic E-state index is 5.64. The second-order valence-corrected chi connectivity index (χ2v) is 4.34. The Balaban J connectivity index is 1.94. The molecule has 5 heteroatoms. The number of methoxy groups -OCH3 is 1. The Morgan fingerprint density at radius 2 is 1.80 bits per heavy atom. The van der Waals surface area contributed by atoms with Gasteiger partial charge >= 0.3 is 0 Å². The number of nitrogens with two attached hydrogens (primary N) is 1. The zero-order chi connectivity index (χ0) is 13.9. The molecule has 100 valence electrons. The van der Waals surface area contributed by atoms with Gasteiger partial charge < -0.3 is 15.8 Å².